The van der Waals surface area contributed by atoms with Crippen molar-refractivity contribution in [3.63, 3.8) is 0 Å². The van der Waals surface area contributed by atoms with Gasteiger partial charge < -0.3 is 14.8 Å². The molecule has 24 heavy (non-hydrogen) atoms. The number of carbonyl (C=O) groups is 1. The second-order valence-corrected chi connectivity index (χ2v) is 5.66. The number of thioether (sulfide) groups is 1. The van der Waals surface area contributed by atoms with Crippen LogP contribution in [-0.2, 0) is 4.79 Å². The molecule has 5 nitrogen and oxygen atoms in total. The van der Waals surface area contributed by atoms with Gasteiger partial charge in [0.1, 0.15) is 0 Å². The Bertz CT molecular complexity index is 715. The van der Waals surface area contributed by atoms with Crippen LogP contribution in [0.1, 0.15) is 12.5 Å². The molecule has 2 rings (SSSR count). The summed E-state index contributed by atoms with van der Waals surface area (Å²) in [6, 6.07) is 9.21. The largest absolute Gasteiger partial charge is 0.493 e. The molecule has 0 atom stereocenters. The van der Waals surface area contributed by atoms with E-state index >= 15 is 0 Å². The van der Waals surface area contributed by atoms with Crippen molar-refractivity contribution in [3.05, 3.63) is 48.2 Å². The van der Waals surface area contributed by atoms with Gasteiger partial charge in [-0.15, -0.1) is 11.8 Å². The van der Waals surface area contributed by atoms with Gasteiger partial charge in [0.05, 0.1) is 24.0 Å². The molecular weight excluding hydrogens is 324 g/mol. The Balaban J connectivity index is 1.95. The summed E-state index contributed by atoms with van der Waals surface area (Å²) in [6.45, 7) is 1.84. The first-order valence-electron chi connectivity index (χ1n) is 7.39. The van der Waals surface area contributed by atoms with Crippen molar-refractivity contribution in [2.24, 2.45) is 0 Å². The lowest BCUT2D eigenvalue weighted by Gasteiger charge is -2.11. The van der Waals surface area contributed by atoms with Gasteiger partial charge in [0.25, 0.3) is 5.91 Å². The lowest BCUT2D eigenvalue weighted by Crippen LogP contribution is -2.20. The highest BCUT2D eigenvalue weighted by atomic mass is 32.2. The number of methoxy groups -OCH3 is 1. The number of nitrogens with one attached hydrogen (secondary N) is 1. The Hall–Kier alpha value is -2.47. The van der Waals surface area contributed by atoms with E-state index in [2.05, 4.69) is 10.3 Å². The van der Waals surface area contributed by atoms with Crippen LogP contribution in [0, 0.1) is 0 Å². The first kappa shape index (κ1) is 17.9. The van der Waals surface area contributed by atoms with E-state index in [4.69, 9.17) is 9.47 Å². The van der Waals surface area contributed by atoms with E-state index in [0.29, 0.717) is 17.2 Å². The van der Waals surface area contributed by atoms with Gasteiger partial charge in [0.15, 0.2) is 18.1 Å². The molecule has 0 unspecified atom stereocenters. The predicted molar refractivity (Wildman–Crippen MR) is 97.8 cm³/mol. The van der Waals surface area contributed by atoms with Crippen LogP contribution < -0.4 is 14.8 Å². The third-order valence-electron chi connectivity index (χ3n) is 3.13. The molecule has 0 aliphatic heterocycles. The molecule has 0 radical (unpaired) electrons. The fourth-order valence-corrected chi connectivity index (χ4v) is 2.38. The molecular formula is C18H20N2O3S. The van der Waals surface area contributed by atoms with Gasteiger partial charge in [0, 0.05) is 0 Å². The van der Waals surface area contributed by atoms with Crippen LogP contribution in [0.2, 0.25) is 0 Å². The molecule has 1 aromatic carbocycles. The summed E-state index contributed by atoms with van der Waals surface area (Å²) in [6.07, 6.45) is 7.48. The van der Waals surface area contributed by atoms with Crippen molar-refractivity contribution in [1.29, 1.82) is 0 Å². The number of pyridine rings is 1. The molecule has 1 amide bonds. The van der Waals surface area contributed by atoms with Gasteiger partial charge >= 0.3 is 0 Å². The second-order valence-electron chi connectivity index (χ2n) is 4.84. The fraction of sp³-hybridized carbons (Fsp3) is 0.222. The molecule has 0 bridgehead atoms. The van der Waals surface area contributed by atoms with E-state index < -0.39 is 0 Å². The molecule has 0 spiro atoms. The minimum Gasteiger partial charge on any atom is -0.493 e. The summed E-state index contributed by atoms with van der Waals surface area (Å²) in [5.74, 6) is 0.856. The zero-order chi connectivity index (χ0) is 17.4. The maximum Gasteiger partial charge on any atom is 0.262 e. The fourth-order valence-electron chi connectivity index (χ4n) is 2.01. The number of hydrogen-bond acceptors (Lipinski definition) is 5. The van der Waals surface area contributed by atoms with E-state index in [9.17, 15) is 4.79 Å². The minimum atomic E-state index is -0.256. The van der Waals surface area contributed by atoms with Crippen LogP contribution in [0.5, 0.6) is 11.5 Å². The maximum absolute atomic E-state index is 12.0. The quantitative estimate of drug-likeness (QED) is 0.773. The van der Waals surface area contributed by atoms with Crippen LogP contribution in [-0.4, -0.2) is 30.9 Å². The summed E-state index contributed by atoms with van der Waals surface area (Å²) >= 11 is 1.55. The number of amides is 1. The molecule has 2 aromatic rings. The molecule has 0 aliphatic carbocycles. The van der Waals surface area contributed by atoms with Crippen molar-refractivity contribution in [2.45, 2.75) is 11.9 Å². The highest BCUT2D eigenvalue weighted by molar-refractivity contribution is 7.98. The van der Waals surface area contributed by atoms with Crippen LogP contribution in [0.25, 0.3) is 6.08 Å². The Labute approximate surface area is 146 Å². The van der Waals surface area contributed by atoms with Crippen molar-refractivity contribution in [2.75, 3.05) is 25.3 Å². The van der Waals surface area contributed by atoms with Crippen molar-refractivity contribution < 1.29 is 14.3 Å². The van der Waals surface area contributed by atoms with Gasteiger partial charge in [-0.3, -0.25) is 4.79 Å². The van der Waals surface area contributed by atoms with Gasteiger partial charge in [-0.1, -0.05) is 18.2 Å². The van der Waals surface area contributed by atoms with Gasteiger partial charge in [0.2, 0.25) is 0 Å². The zero-order valence-electron chi connectivity index (χ0n) is 13.9. The van der Waals surface area contributed by atoms with Crippen LogP contribution in [0.4, 0.5) is 5.69 Å². The molecule has 0 saturated heterocycles. The van der Waals surface area contributed by atoms with Crippen LogP contribution in [0.3, 0.4) is 0 Å². The smallest absolute Gasteiger partial charge is 0.262 e. The Morgan fingerprint density at radius 1 is 1.29 bits per heavy atom. The summed E-state index contributed by atoms with van der Waals surface area (Å²) in [5, 5.41) is 3.64. The van der Waals surface area contributed by atoms with Gasteiger partial charge in [-0.05, 0) is 43.0 Å². The first-order valence-corrected chi connectivity index (χ1v) is 8.62. The number of nitrogens with zero attached hydrogens (tertiary/aromatic N) is 1. The third kappa shape index (κ3) is 5.03. The zero-order valence-corrected chi connectivity index (χ0v) is 14.7. The molecule has 1 heterocycles. The molecule has 0 fully saturated rings. The number of hydrogen-bond donors (Lipinski definition) is 1. The van der Waals surface area contributed by atoms with Crippen molar-refractivity contribution in [1.82, 2.24) is 4.98 Å². The molecule has 126 valence electrons. The summed E-state index contributed by atoms with van der Waals surface area (Å²) in [4.78, 5) is 16.2. The number of carbonyl (C=O) groups excluding carboxylic acids is 1. The van der Waals surface area contributed by atoms with Crippen molar-refractivity contribution in [3.8, 4) is 11.5 Å². The van der Waals surface area contributed by atoms with Crippen LogP contribution in [0.15, 0.2) is 47.6 Å². The van der Waals surface area contributed by atoms with E-state index in [-0.39, 0.29) is 12.5 Å². The molecule has 0 saturated carbocycles. The molecule has 6 heteroatoms. The number of allylic oxidation sites excluding steroid dienone is 1. The highest BCUT2D eigenvalue weighted by Crippen LogP contribution is 2.28. The van der Waals surface area contributed by atoms with E-state index in [1.807, 2.05) is 49.6 Å². The topological polar surface area (TPSA) is 60.5 Å². The summed E-state index contributed by atoms with van der Waals surface area (Å²) in [5.41, 5.74) is 1.64. The average Bonchev–Trinajstić information content (AvgIpc) is 2.61. The lowest BCUT2D eigenvalue weighted by atomic mass is 10.2. The minimum absolute atomic E-state index is 0.108. The van der Waals surface area contributed by atoms with Crippen molar-refractivity contribution >= 4 is 29.4 Å². The number of rotatable bonds is 7. The normalized spacial score (nSPS) is 10.6. The number of ether oxygens (including phenoxy) is 2. The second kappa shape index (κ2) is 8.98. The Kier molecular flexibility index (Phi) is 6.69. The number of aromatic nitrogens is 1. The Morgan fingerprint density at radius 2 is 2.12 bits per heavy atom. The van der Waals surface area contributed by atoms with E-state index in [0.717, 1.165) is 10.6 Å². The number of benzene rings is 1. The third-order valence-corrected chi connectivity index (χ3v) is 3.79. The monoisotopic (exact) mass is 344 g/mol. The SMILES string of the molecule is C/C=C/c1ccc(OCC(=O)Nc2ccc(SC)nc2)c(OC)c1. The van der Waals surface area contributed by atoms with E-state index in [1.165, 1.54) is 0 Å². The molecule has 0 aliphatic rings. The highest BCUT2D eigenvalue weighted by Gasteiger charge is 2.08. The average molecular weight is 344 g/mol. The van der Waals surface area contributed by atoms with E-state index in [1.54, 1.807) is 31.1 Å². The van der Waals surface area contributed by atoms with Gasteiger partial charge in [-0.25, -0.2) is 4.98 Å². The predicted octanol–water partition coefficient (Wildman–Crippen LogP) is 3.86. The van der Waals surface area contributed by atoms with Crippen LogP contribution >= 0.6 is 11.8 Å². The number of anilines is 1. The standard InChI is InChI=1S/C18H20N2O3S/c1-4-5-13-6-8-15(16(10-13)22-2)23-12-17(21)20-14-7-9-18(24-3)19-11-14/h4-11H,12H2,1-3H3,(H,20,21)/b5-4+. The summed E-state index contributed by atoms with van der Waals surface area (Å²) < 4.78 is 10.9. The molecule has 1 aromatic heterocycles. The first-order chi connectivity index (χ1) is 11.7. The van der Waals surface area contributed by atoms with Gasteiger partial charge in [-0.2, -0.15) is 0 Å². The molecule has 1 N–H and O–H groups in total. The summed E-state index contributed by atoms with van der Waals surface area (Å²) in [7, 11) is 1.57. The maximum atomic E-state index is 12.0. The lowest BCUT2D eigenvalue weighted by molar-refractivity contribution is -0.118. The Morgan fingerprint density at radius 3 is 2.75 bits per heavy atom.